The monoisotopic (exact) mass is 283 g/mol. The molecule has 0 fully saturated rings. The number of hydrogen-bond donors (Lipinski definition) is 1. The minimum atomic E-state index is -0.321. The van der Waals surface area contributed by atoms with Gasteiger partial charge in [0.1, 0.15) is 0 Å². The molecule has 0 unspecified atom stereocenters. The lowest BCUT2D eigenvalue weighted by atomic mass is 10.0. The molecule has 0 saturated carbocycles. The second kappa shape index (κ2) is 7.72. The number of aliphatic hydroxyl groups is 1. The predicted octanol–water partition coefficient (Wildman–Crippen LogP) is 2.81. The first-order valence-corrected chi connectivity index (χ1v) is 7.16. The van der Waals surface area contributed by atoms with Crippen LogP contribution in [0.25, 0.3) is 0 Å². The van der Waals surface area contributed by atoms with Crippen molar-refractivity contribution in [3.63, 3.8) is 0 Å². The largest absolute Gasteiger partial charge is 0.395 e. The summed E-state index contributed by atoms with van der Waals surface area (Å²) in [5, 5.41) is 9.34. The summed E-state index contributed by atoms with van der Waals surface area (Å²) in [6, 6.07) is 19.4. The highest BCUT2D eigenvalue weighted by Crippen LogP contribution is 2.23. The Balaban J connectivity index is 2.27. The Morgan fingerprint density at radius 1 is 1.05 bits per heavy atom. The SMILES string of the molecule is CC(=O)[C@H](c1ccccc1)N(CCO)Cc1ccccc1. The van der Waals surface area contributed by atoms with Crippen LogP contribution in [0.1, 0.15) is 24.1 Å². The van der Waals surface area contributed by atoms with Gasteiger partial charge in [0, 0.05) is 13.1 Å². The van der Waals surface area contributed by atoms with Crippen molar-refractivity contribution in [2.24, 2.45) is 0 Å². The molecule has 0 radical (unpaired) electrons. The van der Waals surface area contributed by atoms with E-state index in [1.165, 1.54) is 0 Å². The van der Waals surface area contributed by atoms with E-state index in [0.29, 0.717) is 13.1 Å². The minimum Gasteiger partial charge on any atom is -0.395 e. The molecule has 0 amide bonds. The fourth-order valence-corrected chi connectivity index (χ4v) is 2.58. The molecule has 0 heterocycles. The van der Waals surface area contributed by atoms with Crippen LogP contribution < -0.4 is 0 Å². The number of ketones is 1. The molecule has 110 valence electrons. The van der Waals surface area contributed by atoms with Crippen molar-refractivity contribution in [3.05, 3.63) is 71.8 Å². The summed E-state index contributed by atoms with van der Waals surface area (Å²) in [6.07, 6.45) is 0. The molecule has 3 heteroatoms. The average Bonchev–Trinajstić information content (AvgIpc) is 2.49. The Labute approximate surface area is 125 Å². The number of benzene rings is 2. The standard InChI is InChI=1S/C18H21NO2/c1-15(21)18(17-10-6-3-7-11-17)19(12-13-20)14-16-8-4-2-5-9-16/h2-11,18,20H,12-14H2,1H3/t18-/m1/s1. The third kappa shape index (κ3) is 4.25. The van der Waals surface area contributed by atoms with Gasteiger partial charge >= 0.3 is 0 Å². The second-order valence-electron chi connectivity index (χ2n) is 5.10. The number of hydrogen-bond acceptors (Lipinski definition) is 3. The van der Waals surface area contributed by atoms with Crippen molar-refractivity contribution >= 4 is 5.78 Å². The Hall–Kier alpha value is -1.97. The number of Topliss-reactive ketones (excluding diaryl/α,β-unsaturated/α-hetero) is 1. The summed E-state index contributed by atoms with van der Waals surface area (Å²) < 4.78 is 0. The van der Waals surface area contributed by atoms with Crippen molar-refractivity contribution in [2.75, 3.05) is 13.2 Å². The van der Waals surface area contributed by atoms with Crippen LogP contribution >= 0.6 is 0 Å². The molecule has 2 rings (SSSR count). The van der Waals surface area contributed by atoms with Crippen molar-refractivity contribution in [1.29, 1.82) is 0 Å². The molecular formula is C18H21NO2. The lowest BCUT2D eigenvalue weighted by Gasteiger charge is -2.30. The Bertz CT molecular complexity index is 554. The zero-order valence-corrected chi connectivity index (χ0v) is 12.3. The average molecular weight is 283 g/mol. The first-order valence-electron chi connectivity index (χ1n) is 7.16. The first kappa shape index (κ1) is 15.4. The molecule has 0 aromatic heterocycles. The van der Waals surface area contributed by atoms with Gasteiger partial charge in [0.2, 0.25) is 0 Å². The van der Waals surface area contributed by atoms with E-state index in [2.05, 4.69) is 0 Å². The summed E-state index contributed by atoms with van der Waals surface area (Å²) in [7, 11) is 0. The number of rotatable bonds is 7. The second-order valence-corrected chi connectivity index (χ2v) is 5.10. The molecule has 21 heavy (non-hydrogen) atoms. The lowest BCUT2D eigenvalue weighted by molar-refractivity contribution is -0.122. The molecule has 1 atom stereocenters. The van der Waals surface area contributed by atoms with Gasteiger partial charge < -0.3 is 5.11 Å². The summed E-state index contributed by atoms with van der Waals surface area (Å²) in [6.45, 7) is 2.74. The predicted molar refractivity (Wildman–Crippen MR) is 83.8 cm³/mol. The smallest absolute Gasteiger partial charge is 0.151 e. The van der Waals surface area contributed by atoms with Crippen LogP contribution in [0.5, 0.6) is 0 Å². The van der Waals surface area contributed by atoms with E-state index in [-0.39, 0.29) is 18.4 Å². The van der Waals surface area contributed by atoms with Crippen molar-refractivity contribution in [1.82, 2.24) is 4.90 Å². The van der Waals surface area contributed by atoms with Gasteiger partial charge in [-0.05, 0) is 18.1 Å². The third-order valence-corrected chi connectivity index (χ3v) is 3.48. The summed E-state index contributed by atoms with van der Waals surface area (Å²) in [5.74, 6) is 0.0885. The number of aliphatic hydroxyl groups excluding tert-OH is 1. The molecule has 2 aromatic rings. The Kier molecular flexibility index (Phi) is 5.67. The normalized spacial score (nSPS) is 12.3. The van der Waals surface area contributed by atoms with E-state index in [1.54, 1.807) is 6.92 Å². The fourth-order valence-electron chi connectivity index (χ4n) is 2.58. The van der Waals surface area contributed by atoms with E-state index in [1.807, 2.05) is 65.6 Å². The summed E-state index contributed by atoms with van der Waals surface area (Å²) >= 11 is 0. The Morgan fingerprint density at radius 2 is 1.62 bits per heavy atom. The van der Waals surface area contributed by atoms with Gasteiger partial charge in [-0.1, -0.05) is 60.7 Å². The number of carbonyl (C=O) groups excluding carboxylic acids is 1. The molecule has 0 aliphatic rings. The van der Waals surface area contributed by atoms with Gasteiger partial charge in [0.15, 0.2) is 5.78 Å². The highest BCUT2D eigenvalue weighted by molar-refractivity contribution is 5.82. The van der Waals surface area contributed by atoms with Gasteiger partial charge in [-0.25, -0.2) is 0 Å². The van der Waals surface area contributed by atoms with Crippen LogP contribution in [0.4, 0.5) is 0 Å². The molecular weight excluding hydrogens is 262 g/mol. The maximum absolute atomic E-state index is 12.1. The summed E-state index contributed by atoms with van der Waals surface area (Å²) in [5.41, 5.74) is 2.10. The topological polar surface area (TPSA) is 40.5 Å². The molecule has 2 aromatic carbocycles. The minimum absolute atomic E-state index is 0.0312. The molecule has 0 saturated heterocycles. The van der Waals surface area contributed by atoms with Crippen LogP contribution in [0, 0.1) is 0 Å². The molecule has 0 spiro atoms. The zero-order chi connectivity index (χ0) is 15.1. The quantitative estimate of drug-likeness (QED) is 0.849. The van der Waals surface area contributed by atoms with Crippen molar-refractivity contribution in [3.8, 4) is 0 Å². The van der Waals surface area contributed by atoms with Gasteiger partial charge in [-0.3, -0.25) is 9.69 Å². The maximum Gasteiger partial charge on any atom is 0.151 e. The summed E-state index contributed by atoms with van der Waals surface area (Å²) in [4.78, 5) is 14.1. The van der Waals surface area contributed by atoms with Gasteiger partial charge in [-0.15, -0.1) is 0 Å². The third-order valence-electron chi connectivity index (χ3n) is 3.48. The highest BCUT2D eigenvalue weighted by atomic mass is 16.3. The highest BCUT2D eigenvalue weighted by Gasteiger charge is 2.24. The van der Waals surface area contributed by atoms with Crippen molar-refractivity contribution in [2.45, 2.75) is 19.5 Å². The van der Waals surface area contributed by atoms with Crippen LogP contribution in [-0.4, -0.2) is 28.9 Å². The van der Waals surface area contributed by atoms with Crippen LogP contribution in [0.3, 0.4) is 0 Å². The van der Waals surface area contributed by atoms with Gasteiger partial charge in [-0.2, -0.15) is 0 Å². The fraction of sp³-hybridized carbons (Fsp3) is 0.278. The van der Waals surface area contributed by atoms with E-state index in [9.17, 15) is 9.90 Å². The number of nitrogens with zero attached hydrogens (tertiary/aromatic N) is 1. The molecule has 0 bridgehead atoms. The maximum atomic E-state index is 12.1. The van der Waals surface area contributed by atoms with Gasteiger partial charge in [0.25, 0.3) is 0 Å². The van der Waals surface area contributed by atoms with E-state index >= 15 is 0 Å². The zero-order valence-electron chi connectivity index (χ0n) is 12.3. The number of carbonyl (C=O) groups is 1. The van der Waals surface area contributed by atoms with Crippen LogP contribution in [0.2, 0.25) is 0 Å². The van der Waals surface area contributed by atoms with E-state index < -0.39 is 0 Å². The molecule has 0 aliphatic heterocycles. The van der Waals surface area contributed by atoms with Crippen molar-refractivity contribution < 1.29 is 9.90 Å². The molecule has 3 nitrogen and oxygen atoms in total. The van der Waals surface area contributed by atoms with Crippen LogP contribution in [-0.2, 0) is 11.3 Å². The first-order chi connectivity index (χ1) is 10.2. The van der Waals surface area contributed by atoms with Crippen LogP contribution in [0.15, 0.2) is 60.7 Å². The lowest BCUT2D eigenvalue weighted by Crippen LogP contribution is -2.35. The molecule has 0 aliphatic carbocycles. The molecule has 1 N–H and O–H groups in total. The van der Waals surface area contributed by atoms with E-state index in [4.69, 9.17) is 0 Å². The van der Waals surface area contributed by atoms with Gasteiger partial charge in [0.05, 0.1) is 12.6 Å². The van der Waals surface area contributed by atoms with E-state index in [0.717, 1.165) is 11.1 Å². The Morgan fingerprint density at radius 3 is 2.14 bits per heavy atom.